The molecule has 0 radical (unpaired) electrons. The molecule has 0 fully saturated rings. The number of benzene rings is 1. The lowest BCUT2D eigenvalue weighted by Crippen LogP contribution is -2.42. The Hall–Kier alpha value is -2.45. The van der Waals surface area contributed by atoms with Gasteiger partial charge in [0.2, 0.25) is 0 Å². The van der Waals surface area contributed by atoms with Gasteiger partial charge >= 0.3 is 5.51 Å². The third kappa shape index (κ3) is 5.17. The highest BCUT2D eigenvalue weighted by Crippen LogP contribution is 2.41. The predicted octanol–water partition coefficient (Wildman–Crippen LogP) is 5.63. The average Bonchev–Trinajstić information content (AvgIpc) is 2.67. The van der Waals surface area contributed by atoms with Crippen molar-refractivity contribution in [1.82, 2.24) is 15.0 Å². The van der Waals surface area contributed by atoms with E-state index < -0.39 is 16.5 Å². The molecule has 1 aromatic carbocycles. The maximum atomic E-state index is 12.5. The number of hydrogen-bond acceptors (Lipinski definition) is 5. The fourth-order valence-corrected chi connectivity index (χ4v) is 3.65. The van der Waals surface area contributed by atoms with Crippen LogP contribution in [0.25, 0.3) is 11.1 Å². The molecule has 0 saturated heterocycles. The van der Waals surface area contributed by atoms with Crippen molar-refractivity contribution in [2.75, 3.05) is 0 Å². The Kier molecular flexibility index (Phi) is 6.19. The van der Waals surface area contributed by atoms with Crippen LogP contribution in [0, 0.1) is 5.41 Å². The van der Waals surface area contributed by atoms with Gasteiger partial charge in [0.25, 0.3) is 0 Å². The Bertz CT molecular complexity index is 972. The summed E-state index contributed by atoms with van der Waals surface area (Å²) < 4.78 is 37.5. The van der Waals surface area contributed by atoms with Crippen molar-refractivity contribution >= 4 is 11.8 Å². The smallest absolute Gasteiger partial charge is 0.383 e. The minimum atomic E-state index is -4.31. The second-order valence-corrected chi connectivity index (χ2v) is 9.18. The summed E-state index contributed by atoms with van der Waals surface area (Å²) >= 11 is -0.145. The molecule has 3 rings (SSSR count). The molecular weight excluding hydrogens is 411 g/mol. The van der Waals surface area contributed by atoms with Crippen LogP contribution in [0.15, 0.2) is 66.2 Å². The van der Waals surface area contributed by atoms with Gasteiger partial charge in [-0.25, -0.2) is 9.97 Å². The van der Waals surface area contributed by atoms with Gasteiger partial charge in [0, 0.05) is 35.5 Å². The van der Waals surface area contributed by atoms with Crippen LogP contribution >= 0.6 is 11.8 Å². The monoisotopic (exact) mass is 433 g/mol. The van der Waals surface area contributed by atoms with E-state index >= 15 is 0 Å². The van der Waals surface area contributed by atoms with E-state index in [1.807, 2.05) is 26.8 Å². The molecular formula is C22H22F3N3OS. The number of hydrogen-bond donors (Lipinski definition) is 1. The lowest BCUT2D eigenvalue weighted by Gasteiger charge is -2.40. The second-order valence-electron chi connectivity index (χ2n) is 8.04. The molecule has 0 spiro atoms. The lowest BCUT2D eigenvalue weighted by atomic mass is 9.71. The molecule has 1 unspecified atom stereocenters. The Morgan fingerprint density at radius 1 is 0.867 bits per heavy atom. The van der Waals surface area contributed by atoms with Gasteiger partial charge in [-0.1, -0.05) is 39.0 Å². The average molecular weight is 433 g/mol. The maximum absolute atomic E-state index is 12.5. The first-order valence-corrected chi connectivity index (χ1v) is 10.1. The third-order valence-corrected chi connectivity index (χ3v) is 5.66. The Balaban J connectivity index is 1.87. The summed E-state index contributed by atoms with van der Waals surface area (Å²) in [4.78, 5) is 12.6. The molecule has 30 heavy (non-hydrogen) atoms. The molecule has 0 aliphatic heterocycles. The molecule has 8 heteroatoms. The highest BCUT2D eigenvalue weighted by molar-refractivity contribution is 8.00. The normalized spacial score (nSPS) is 14.4. The number of aliphatic hydroxyl groups is 1. The van der Waals surface area contributed by atoms with E-state index in [4.69, 9.17) is 0 Å². The van der Waals surface area contributed by atoms with Crippen LogP contribution < -0.4 is 0 Å². The molecule has 1 N–H and O–H groups in total. The minimum Gasteiger partial charge on any atom is -0.383 e. The van der Waals surface area contributed by atoms with Crippen molar-refractivity contribution in [2.24, 2.45) is 5.41 Å². The molecule has 0 saturated carbocycles. The third-order valence-electron chi connectivity index (χ3n) is 4.92. The second kappa shape index (κ2) is 8.35. The van der Waals surface area contributed by atoms with E-state index in [1.165, 1.54) is 18.5 Å². The summed E-state index contributed by atoms with van der Waals surface area (Å²) in [7, 11) is 0. The van der Waals surface area contributed by atoms with Gasteiger partial charge in [0.1, 0.15) is 11.9 Å². The van der Waals surface area contributed by atoms with E-state index in [0.29, 0.717) is 12.1 Å². The fraction of sp³-hybridized carbons (Fsp3) is 0.318. The maximum Gasteiger partial charge on any atom is 0.446 e. The topological polar surface area (TPSA) is 58.9 Å². The van der Waals surface area contributed by atoms with Crippen LogP contribution in [0.5, 0.6) is 0 Å². The molecule has 0 amide bonds. The van der Waals surface area contributed by atoms with Crippen LogP contribution in [0.2, 0.25) is 0 Å². The summed E-state index contributed by atoms with van der Waals surface area (Å²) in [6.07, 6.45) is 6.69. The molecule has 2 heterocycles. The highest BCUT2D eigenvalue weighted by atomic mass is 32.2. The van der Waals surface area contributed by atoms with Crippen molar-refractivity contribution in [2.45, 2.75) is 43.2 Å². The molecule has 0 aliphatic carbocycles. The first-order chi connectivity index (χ1) is 14.0. The fourth-order valence-electron chi connectivity index (χ4n) is 3.11. The summed E-state index contributed by atoms with van der Waals surface area (Å²) in [5, 5.41) is 11.6. The minimum absolute atomic E-state index is 0.128. The Morgan fingerprint density at radius 3 is 1.97 bits per heavy atom. The van der Waals surface area contributed by atoms with Crippen LogP contribution in [-0.2, 0) is 12.0 Å². The van der Waals surface area contributed by atoms with Crippen LogP contribution in [-0.4, -0.2) is 25.6 Å². The van der Waals surface area contributed by atoms with E-state index in [-0.39, 0.29) is 16.7 Å². The largest absolute Gasteiger partial charge is 0.446 e. The first-order valence-electron chi connectivity index (χ1n) is 9.27. The first kappa shape index (κ1) is 22.2. The molecule has 0 aliphatic rings. The Labute approximate surface area is 177 Å². The standard InChI is InChI=1S/C22H22F3N3OS/c1-20(2,3)21(29,10-15-11-26-14-27-12-15)19-9-6-17(13-28-19)16-4-7-18(8-5-16)30-22(23,24)25/h4-9,11-14,29H,10H2,1-3H3. The van der Waals surface area contributed by atoms with Gasteiger partial charge in [-0.2, -0.15) is 13.2 Å². The van der Waals surface area contributed by atoms with Gasteiger partial charge in [-0.15, -0.1) is 0 Å². The van der Waals surface area contributed by atoms with E-state index in [2.05, 4.69) is 15.0 Å². The SMILES string of the molecule is CC(C)(C)C(O)(Cc1cncnc1)c1ccc(-c2ccc(SC(F)(F)F)cc2)cn1. The highest BCUT2D eigenvalue weighted by Gasteiger charge is 2.43. The van der Waals surface area contributed by atoms with Crippen LogP contribution in [0.3, 0.4) is 0 Å². The molecule has 3 aromatic rings. The van der Waals surface area contributed by atoms with E-state index in [9.17, 15) is 18.3 Å². The summed E-state index contributed by atoms with van der Waals surface area (Å²) in [5.41, 5.74) is -3.30. The Morgan fingerprint density at radius 2 is 1.47 bits per heavy atom. The van der Waals surface area contributed by atoms with Gasteiger partial charge in [-0.05, 0) is 46.5 Å². The van der Waals surface area contributed by atoms with Gasteiger partial charge in [0.05, 0.1) is 5.69 Å². The van der Waals surface area contributed by atoms with Crippen molar-refractivity contribution in [1.29, 1.82) is 0 Å². The van der Waals surface area contributed by atoms with Crippen LogP contribution in [0.1, 0.15) is 32.0 Å². The zero-order valence-electron chi connectivity index (χ0n) is 16.8. The van der Waals surface area contributed by atoms with E-state index in [1.54, 1.807) is 36.8 Å². The van der Waals surface area contributed by atoms with Crippen molar-refractivity contribution in [3.8, 4) is 11.1 Å². The van der Waals surface area contributed by atoms with Gasteiger partial charge in [-0.3, -0.25) is 4.98 Å². The number of rotatable bonds is 5. The number of nitrogens with zero attached hydrogens (tertiary/aromatic N) is 3. The summed E-state index contributed by atoms with van der Waals surface area (Å²) in [6.45, 7) is 5.80. The number of thioether (sulfide) groups is 1. The number of aromatic nitrogens is 3. The van der Waals surface area contributed by atoms with Crippen molar-refractivity contribution < 1.29 is 18.3 Å². The molecule has 4 nitrogen and oxygen atoms in total. The number of halogens is 3. The predicted molar refractivity (Wildman–Crippen MR) is 111 cm³/mol. The molecule has 1 atom stereocenters. The zero-order valence-corrected chi connectivity index (χ0v) is 17.6. The number of pyridine rings is 1. The van der Waals surface area contributed by atoms with Crippen LogP contribution in [0.4, 0.5) is 13.2 Å². The molecule has 2 aromatic heterocycles. The van der Waals surface area contributed by atoms with E-state index in [0.717, 1.165) is 16.7 Å². The lowest BCUT2D eigenvalue weighted by molar-refractivity contribution is -0.0676. The summed E-state index contributed by atoms with van der Waals surface area (Å²) in [6, 6.07) is 9.68. The number of alkyl halides is 3. The van der Waals surface area contributed by atoms with Gasteiger partial charge in [0.15, 0.2) is 0 Å². The van der Waals surface area contributed by atoms with Crippen molar-refractivity contribution in [3.05, 3.63) is 72.6 Å². The van der Waals surface area contributed by atoms with Gasteiger partial charge < -0.3 is 5.11 Å². The van der Waals surface area contributed by atoms with Crippen molar-refractivity contribution in [3.63, 3.8) is 0 Å². The summed E-state index contributed by atoms with van der Waals surface area (Å²) in [5.74, 6) is 0. The molecule has 158 valence electrons. The quantitative estimate of drug-likeness (QED) is 0.529. The zero-order chi connectivity index (χ0) is 22.0. The molecule has 0 bridgehead atoms.